The van der Waals surface area contributed by atoms with Crippen LogP contribution in [0.4, 0.5) is 5.69 Å². The van der Waals surface area contributed by atoms with Crippen LogP contribution in [0.5, 0.6) is 0 Å². The number of hydrogen-bond acceptors (Lipinski definition) is 4. The summed E-state index contributed by atoms with van der Waals surface area (Å²) >= 11 is 0. The molecule has 1 heterocycles. The molecule has 0 amide bonds. The molecule has 0 aliphatic heterocycles. The summed E-state index contributed by atoms with van der Waals surface area (Å²) in [4.78, 5) is 23.3. The van der Waals surface area contributed by atoms with Crippen LogP contribution in [0.3, 0.4) is 0 Å². The minimum Gasteiger partial charge on any atom is -0.338 e. The first-order chi connectivity index (χ1) is 12.7. The highest BCUT2D eigenvalue weighted by molar-refractivity contribution is 6.22. The molecule has 1 N–H and O–H groups in total. The Morgan fingerprint density at radius 3 is 2.69 bits per heavy atom. The Balaban J connectivity index is 1.56. The van der Waals surface area contributed by atoms with Crippen LogP contribution in [-0.4, -0.2) is 20.6 Å². The number of nitrogens with zero attached hydrogens (tertiary/aromatic N) is 3. The predicted molar refractivity (Wildman–Crippen MR) is 99.9 cm³/mol. The summed E-state index contributed by atoms with van der Waals surface area (Å²) < 4.78 is 0. The first kappa shape index (κ1) is 14.5. The maximum Gasteiger partial charge on any atom is 0.279 e. The molecule has 5 rings (SSSR count). The second kappa shape index (κ2) is 5.35. The summed E-state index contributed by atoms with van der Waals surface area (Å²) in [6.45, 7) is 0. The lowest BCUT2D eigenvalue weighted by Gasteiger charge is -1.98. The summed E-state index contributed by atoms with van der Waals surface area (Å²) in [5, 5.41) is 11.1. The molecule has 6 nitrogen and oxygen atoms in total. The van der Waals surface area contributed by atoms with E-state index in [9.17, 15) is 10.1 Å². The van der Waals surface area contributed by atoms with Gasteiger partial charge in [0.2, 0.25) is 0 Å². The molecule has 0 radical (unpaired) electrons. The van der Waals surface area contributed by atoms with Crippen LogP contribution in [0, 0.1) is 10.1 Å². The number of aromatic amines is 1. The van der Waals surface area contributed by atoms with Gasteiger partial charge in [0.1, 0.15) is 5.82 Å². The molecule has 2 aliphatic carbocycles. The number of imidazole rings is 1. The number of aromatic nitrogens is 2. The summed E-state index contributed by atoms with van der Waals surface area (Å²) in [5.41, 5.74) is 5.58. The molecule has 2 aliphatic rings. The van der Waals surface area contributed by atoms with Crippen LogP contribution in [-0.2, 0) is 0 Å². The smallest absolute Gasteiger partial charge is 0.279 e. The van der Waals surface area contributed by atoms with Gasteiger partial charge in [-0.1, -0.05) is 36.4 Å². The summed E-state index contributed by atoms with van der Waals surface area (Å²) in [7, 11) is 0. The highest BCUT2D eigenvalue weighted by Crippen LogP contribution is 2.34. The standard InChI is InChI=1S/C20H12N4O2/c25-24(26)18-10-13-6-8-15(18)19(13)21-14-7-9-16-17(11-14)23-20(22-16)12-4-2-1-3-5-12/h1-11H,(H,22,23). The number of H-pyrrole nitrogens is 1. The number of fused-ring (bicyclic) bond motifs is 3. The third kappa shape index (κ3) is 2.20. The molecule has 3 aromatic rings. The molecule has 2 aromatic carbocycles. The van der Waals surface area contributed by atoms with Gasteiger partial charge in [0.25, 0.3) is 5.70 Å². The van der Waals surface area contributed by atoms with Crippen molar-refractivity contribution in [2.24, 2.45) is 4.99 Å². The number of aliphatic imine (C=N–C) groups is 1. The average molecular weight is 340 g/mol. The van der Waals surface area contributed by atoms with Gasteiger partial charge in [-0.05, 0) is 24.3 Å². The Kier molecular flexibility index (Phi) is 2.99. The summed E-state index contributed by atoms with van der Waals surface area (Å²) in [6, 6.07) is 15.6. The van der Waals surface area contributed by atoms with Gasteiger partial charge in [-0.25, -0.2) is 9.98 Å². The third-order valence-electron chi connectivity index (χ3n) is 4.48. The molecular weight excluding hydrogens is 328 g/mol. The van der Waals surface area contributed by atoms with Crippen LogP contribution >= 0.6 is 0 Å². The highest BCUT2D eigenvalue weighted by atomic mass is 16.6. The van der Waals surface area contributed by atoms with Crippen molar-refractivity contribution < 1.29 is 4.92 Å². The van der Waals surface area contributed by atoms with Crippen molar-refractivity contribution in [2.75, 3.05) is 0 Å². The molecule has 0 unspecified atom stereocenters. The minimum atomic E-state index is -0.369. The zero-order valence-corrected chi connectivity index (χ0v) is 13.5. The number of hydrogen-bond donors (Lipinski definition) is 1. The predicted octanol–water partition coefficient (Wildman–Crippen LogP) is 4.34. The fourth-order valence-corrected chi connectivity index (χ4v) is 3.24. The molecular formula is C20H12N4O2. The van der Waals surface area contributed by atoms with E-state index in [1.165, 1.54) is 0 Å². The Hall–Kier alpha value is -3.80. The largest absolute Gasteiger partial charge is 0.338 e. The molecule has 124 valence electrons. The minimum absolute atomic E-state index is 0.107. The lowest BCUT2D eigenvalue weighted by atomic mass is 10.2. The van der Waals surface area contributed by atoms with Crippen molar-refractivity contribution in [3.8, 4) is 11.4 Å². The average Bonchev–Trinajstić information content (AvgIpc) is 3.35. The molecule has 0 saturated heterocycles. The quantitative estimate of drug-likeness (QED) is 0.568. The van der Waals surface area contributed by atoms with Crippen LogP contribution in [0.1, 0.15) is 0 Å². The topological polar surface area (TPSA) is 84.2 Å². The van der Waals surface area contributed by atoms with E-state index in [1.54, 1.807) is 12.2 Å². The Morgan fingerprint density at radius 1 is 1.08 bits per heavy atom. The van der Waals surface area contributed by atoms with Gasteiger partial charge >= 0.3 is 0 Å². The first-order valence-electron chi connectivity index (χ1n) is 8.12. The number of allylic oxidation sites excluding steroid dienone is 5. The van der Waals surface area contributed by atoms with Gasteiger partial charge in [0, 0.05) is 17.2 Å². The van der Waals surface area contributed by atoms with Crippen molar-refractivity contribution >= 4 is 22.4 Å². The molecule has 26 heavy (non-hydrogen) atoms. The molecule has 1 aromatic heterocycles. The Labute approximate surface area is 148 Å². The van der Waals surface area contributed by atoms with Crippen LogP contribution in [0.2, 0.25) is 0 Å². The molecule has 0 fully saturated rings. The van der Waals surface area contributed by atoms with E-state index in [0.717, 1.165) is 33.7 Å². The zero-order valence-electron chi connectivity index (χ0n) is 13.5. The fourth-order valence-electron chi connectivity index (χ4n) is 3.24. The van der Waals surface area contributed by atoms with E-state index in [-0.39, 0.29) is 10.6 Å². The molecule has 6 heteroatoms. The van der Waals surface area contributed by atoms with Crippen molar-refractivity contribution in [2.45, 2.75) is 0 Å². The fraction of sp³-hybridized carbons (Fsp3) is 0. The van der Waals surface area contributed by atoms with Gasteiger partial charge < -0.3 is 4.98 Å². The van der Waals surface area contributed by atoms with Gasteiger partial charge in [0.15, 0.2) is 0 Å². The maximum absolute atomic E-state index is 11.1. The lowest BCUT2D eigenvalue weighted by Crippen LogP contribution is -1.99. The number of nitrogens with one attached hydrogen (secondary N) is 1. The van der Waals surface area contributed by atoms with E-state index in [1.807, 2.05) is 54.6 Å². The van der Waals surface area contributed by atoms with Crippen molar-refractivity contribution in [1.29, 1.82) is 0 Å². The van der Waals surface area contributed by atoms with Crippen molar-refractivity contribution in [3.05, 3.63) is 93.7 Å². The van der Waals surface area contributed by atoms with E-state index in [4.69, 9.17) is 0 Å². The lowest BCUT2D eigenvalue weighted by molar-refractivity contribution is -0.419. The van der Waals surface area contributed by atoms with Gasteiger partial charge in [-0.15, -0.1) is 0 Å². The molecule has 0 spiro atoms. The molecule has 0 atom stereocenters. The van der Waals surface area contributed by atoms with Gasteiger partial charge in [-0.3, -0.25) is 10.1 Å². The van der Waals surface area contributed by atoms with E-state index in [2.05, 4.69) is 15.0 Å². The Bertz CT molecular complexity index is 1200. The maximum atomic E-state index is 11.1. The monoisotopic (exact) mass is 340 g/mol. The van der Waals surface area contributed by atoms with Gasteiger partial charge in [0.05, 0.1) is 32.9 Å². The zero-order chi connectivity index (χ0) is 17.7. The van der Waals surface area contributed by atoms with Crippen molar-refractivity contribution in [3.63, 3.8) is 0 Å². The third-order valence-corrected chi connectivity index (χ3v) is 4.48. The highest BCUT2D eigenvalue weighted by Gasteiger charge is 2.32. The first-order valence-corrected chi connectivity index (χ1v) is 8.12. The van der Waals surface area contributed by atoms with Crippen molar-refractivity contribution in [1.82, 2.24) is 9.97 Å². The number of nitro groups is 1. The second-order valence-corrected chi connectivity index (χ2v) is 6.10. The number of rotatable bonds is 3. The SMILES string of the molecule is O=[N+]([O-])C1=C2C=CC(=C1)C2=Nc1ccc2nc(-c3ccccc3)[nH]c2c1. The van der Waals surface area contributed by atoms with E-state index >= 15 is 0 Å². The summed E-state index contributed by atoms with van der Waals surface area (Å²) in [5.74, 6) is 0.800. The van der Waals surface area contributed by atoms with E-state index < -0.39 is 0 Å². The molecule has 2 bridgehead atoms. The molecule has 0 saturated carbocycles. The Morgan fingerprint density at radius 2 is 1.92 bits per heavy atom. The second-order valence-electron chi connectivity index (χ2n) is 6.10. The number of benzene rings is 2. The van der Waals surface area contributed by atoms with Crippen LogP contribution in [0.25, 0.3) is 22.4 Å². The van der Waals surface area contributed by atoms with E-state index in [0.29, 0.717) is 11.3 Å². The summed E-state index contributed by atoms with van der Waals surface area (Å²) in [6.07, 6.45) is 5.16. The normalized spacial score (nSPS) is 16.8. The van der Waals surface area contributed by atoms with Gasteiger partial charge in [-0.2, -0.15) is 0 Å². The van der Waals surface area contributed by atoms with Crippen LogP contribution in [0.15, 0.2) is 88.6 Å². The van der Waals surface area contributed by atoms with Crippen LogP contribution < -0.4 is 0 Å².